The number of sulfone groups is 1. The van der Waals surface area contributed by atoms with E-state index in [-0.39, 0.29) is 22.3 Å². The van der Waals surface area contributed by atoms with E-state index in [1.165, 1.54) is 18.2 Å². The molecule has 8 heteroatoms. The van der Waals surface area contributed by atoms with Crippen LogP contribution < -0.4 is 5.32 Å². The first-order chi connectivity index (χ1) is 11.6. The molecule has 0 spiro atoms. The average Bonchev–Trinajstić information content (AvgIpc) is 2.55. The van der Waals surface area contributed by atoms with Crippen molar-refractivity contribution in [3.05, 3.63) is 58.1 Å². The normalized spacial score (nSPS) is 12.8. The maximum absolute atomic E-state index is 13.0. The van der Waals surface area contributed by atoms with Crippen molar-refractivity contribution in [3.63, 3.8) is 0 Å². The molecule has 0 bridgehead atoms. The molecular formula is C17H20N2O5S. The Labute approximate surface area is 146 Å². The van der Waals surface area contributed by atoms with E-state index in [1.807, 2.05) is 0 Å². The van der Waals surface area contributed by atoms with Crippen LogP contribution in [0.3, 0.4) is 0 Å². The topological polar surface area (TPSA) is 110 Å². The van der Waals surface area contributed by atoms with Gasteiger partial charge in [-0.2, -0.15) is 0 Å². The molecule has 25 heavy (non-hydrogen) atoms. The summed E-state index contributed by atoms with van der Waals surface area (Å²) in [6.07, 6.45) is 0. The van der Waals surface area contributed by atoms with Gasteiger partial charge in [0, 0.05) is 12.1 Å². The first-order valence-corrected chi connectivity index (χ1v) is 9.22. The van der Waals surface area contributed by atoms with E-state index < -0.39 is 20.1 Å². The number of phenolic OH excluding ortho intramolecular Hbond substituents is 1. The van der Waals surface area contributed by atoms with Gasteiger partial charge in [0.15, 0.2) is 9.84 Å². The van der Waals surface area contributed by atoms with Crippen molar-refractivity contribution in [1.29, 1.82) is 0 Å². The van der Waals surface area contributed by atoms with Gasteiger partial charge in [-0.05, 0) is 30.5 Å². The van der Waals surface area contributed by atoms with Crippen LogP contribution in [0.5, 0.6) is 5.75 Å². The van der Waals surface area contributed by atoms with E-state index in [9.17, 15) is 23.6 Å². The van der Waals surface area contributed by atoms with Crippen molar-refractivity contribution in [1.82, 2.24) is 0 Å². The third kappa shape index (κ3) is 3.90. The highest BCUT2D eigenvalue weighted by atomic mass is 32.2. The molecular weight excluding hydrogens is 344 g/mol. The van der Waals surface area contributed by atoms with Crippen molar-refractivity contribution in [2.75, 3.05) is 5.32 Å². The van der Waals surface area contributed by atoms with Gasteiger partial charge < -0.3 is 10.4 Å². The molecule has 0 aromatic heterocycles. The number of para-hydroxylation sites is 1. The van der Waals surface area contributed by atoms with Gasteiger partial charge in [0.05, 0.1) is 15.5 Å². The summed E-state index contributed by atoms with van der Waals surface area (Å²) in [5.41, 5.74) is 0.620. The average molecular weight is 364 g/mol. The first kappa shape index (κ1) is 18.7. The van der Waals surface area contributed by atoms with Crippen molar-refractivity contribution in [3.8, 4) is 5.75 Å². The van der Waals surface area contributed by atoms with E-state index >= 15 is 0 Å². The summed E-state index contributed by atoms with van der Waals surface area (Å²) < 4.78 is 26.0. The molecule has 0 aliphatic heterocycles. The van der Waals surface area contributed by atoms with Gasteiger partial charge in [-0.1, -0.05) is 32.0 Å². The third-order valence-electron chi connectivity index (χ3n) is 3.83. The van der Waals surface area contributed by atoms with E-state index in [1.54, 1.807) is 39.0 Å². The molecule has 2 N–H and O–H groups in total. The molecule has 0 saturated heterocycles. The number of anilines is 1. The molecule has 0 aliphatic carbocycles. The maximum atomic E-state index is 13.0. The lowest BCUT2D eigenvalue weighted by Gasteiger charge is -2.24. The van der Waals surface area contributed by atoms with Crippen molar-refractivity contribution in [2.45, 2.75) is 31.0 Å². The van der Waals surface area contributed by atoms with Crippen LogP contribution in [-0.4, -0.2) is 23.8 Å². The Morgan fingerprint density at radius 1 is 1.16 bits per heavy atom. The predicted molar refractivity (Wildman–Crippen MR) is 95.4 cm³/mol. The van der Waals surface area contributed by atoms with Crippen LogP contribution in [0, 0.1) is 23.0 Å². The highest BCUT2D eigenvalue weighted by Crippen LogP contribution is 2.31. The van der Waals surface area contributed by atoms with Crippen molar-refractivity contribution < 1.29 is 18.4 Å². The van der Waals surface area contributed by atoms with Gasteiger partial charge >= 0.3 is 0 Å². The van der Waals surface area contributed by atoms with Gasteiger partial charge in [0.25, 0.3) is 5.69 Å². The Balaban J connectivity index is 2.47. The molecule has 1 atom stereocenters. The van der Waals surface area contributed by atoms with Gasteiger partial charge in [-0.15, -0.1) is 0 Å². The fourth-order valence-electron chi connectivity index (χ4n) is 2.45. The van der Waals surface area contributed by atoms with Gasteiger partial charge in [0.2, 0.25) is 0 Å². The number of hydrogen-bond acceptors (Lipinski definition) is 6. The fourth-order valence-corrected chi connectivity index (χ4v) is 4.30. The zero-order valence-electron chi connectivity index (χ0n) is 14.1. The minimum Gasteiger partial charge on any atom is -0.506 e. The fraction of sp³-hybridized carbons (Fsp3) is 0.294. The number of nitro groups is 1. The molecule has 2 aromatic rings. The van der Waals surface area contributed by atoms with E-state index in [0.29, 0.717) is 11.3 Å². The third-order valence-corrected chi connectivity index (χ3v) is 6.07. The number of nitrogens with zero attached hydrogens (tertiary/aromatic N) is 1. The second kappa shape index (κ2) is 7.10. The number of nitro benzene ring substituents is 1. The zero-order valence-corrected chi connectivity index (χ0v) is 14.9. The number of non-ortho nitro benzene ring substituents is 1. The number of hydrogen-bond donors (Lipinski definition) is 2. The summed E-state index contributed by atoms with van der Waals surface area (Å²) in [5.74, 6) is -0.369. The molecule has 0 fully saturated rings. The molecule has 0 saturated carbocycles. The Hall–Kier alpha value is -2.61. The minimum atomic E-state index is -3.91. The highest BCUT2D eigenvalue weighted by Gasteiger charge is 2.32. The van der Waals surface area contributed by atoms with Gasteiger partial charge in [-0.3, -0.25) is 10.1 Å². The van der Waals surface area contributed by atoms with Crippen LogP contribution in [0.2, 0.25) is 0 Å². The Morgan fingerprint density at radius 3 is 2.40 bits per heavy atom. The largest absolute Gasteiger partial charge is 0.506 e. The molecule has 0 aliphatic rings. The second-order valence-corrected chi connectivity index (χ2v) is 8.15. The zero-order chi connectivity index (χ0) is 18.8. The summed E-state index contributed by atoms with van der Waals surface area (Å²) in [6.45, 7) is 5.15. The number of phenols is 1. The van der Waals surface area contributed by atoms with Crippen LogP contribution in [0.1, 0.15) is 19.4 Å². The van der Waals surface area contributed by atoms with Gasteiger partial charge in [0.1, 0.15) is 11.1 Å². The standard InChI is InChI=1S/C17H20N2O5S/c1-11(2)17(18-15-9-4-6-12(3)16(15)20)25(23,24)14-8-5-7-13(10-14)19(21)22/h4-11,17-18,20H,1-3H3/t17-/m0/s1. The Bertz CT molecular complexity index is 894. The summed E-state index contributed by atoms with van der Waals surface area (Å²) >= 11 is 0. The monoisotopic (exact) mass is 364 g/mol. The number of aryl methyl sites for hydroxylation is 1. The van der Waals surface area contributed by atoms with Crippen molar-refractivity contribution >= 4 is 21.2 Å². The lowest BCUT2D eigenvalue weighted by atomic mass is 10.1. The Kier molecular flexibility index (Phi) is 5.32. The summed E-state index contributed by atoms with van der Waals surface area (Å²) in [5, 5.41) is 22.9. The lowest BCUT2D eigenvalue weighted by molar-refractivity contribution is -0.385. The maximum Gasteiger partial charge on any atom is 0.270 e. The summed E-state index contributed by atoms with van der Waals surface area (Å²) in [4.78, 5) is 10.1. The molecule has 134 valence electrons. The number of benzene rings is 2. The molecule has 0 radical (unpaired) electrons. The molecule has 7 nitrogen and oxygen atoms in total. The summed E-state index contributed by atoms with van der Waals surface area (Å²) in [6, 6.07) is 9.95. The lowest BCUT2D eigenvalue weighted by Crippen LogP contribution is -2.34. The van der Waals surface area contributed by atoms with E-state index in [4.69, 9.17) is 0 Å². The van der Waals surface area contributed by atoms with Crippen LogP contribution in [0.15, 0.2) is 47.4 Å². The number of aromatic hydroxyl groups is 1. The molecule has 2 aromatic carbocycles. The minimum absolute atomic E-state index is 0.0256. The molecule has 2 rings (SSSR count). The smallest absolute Gasteiger partial charge is 0.270 e. The SMILES string of the molecule is Cc1cccc(N[C@H](C(C)C)S(=O)(=O)c2cccc([N+](=O)[O-])c2)c1O. The highest BCUT2D eigenvalue weighted by molar-refractivity contribution is 7.92. The second-order valence-electron chi connectivity index (χ2n) is 6.08. The van der Waals surface area contributed by atoms with Crippen LogP contribution in [0.25, 0.3) is 0 Å². The number of rotatable bonds is 6. The Morgan fingerprint density at radius 2 is 1.80 bits per heavy atom. The molecule has 0 heterocycles. The van der Waals surface area contributed by atoms with Crippen LogP contribution >= 0.6 is 0 Å². The van der Waals surface area contributed by atoms with Crippen LogP contribution in [-0.2, 0) is 9.84 Å². The van der Waals surface area contributed by atoms with E-state index in [2.05, 4.69) is 5.32 Å². The predicted octanol–water partition coefficient (Wildman–Crippen LogP) is 3.48. The van der Waals surface area contributed by atoms with Crippen molar-refractivity contribution in [2.24, 2.45) is 5.92 Å². The molecule has 0 amide bonds. The summed E-state index contributed by atoms with van der Waals surface area (Å²) in [7, 11) is -3.91. The quantitative estimate of drug-likeness (QED) is 0.461. The van der Waals surface area contributed by atoms with E-state index in [0.717, 1.165) is 6.07 Å². The first-order valence-electron chi connectivity index (χ1n) is 7.68. The van der Waals surface area contributed by atoms with Crippen LogP contribution in [0.4, 0.5) is 11.4 Å². The van der Waals surface area contributed by atoms with Gasteiger partial charge in [-0.25, -0.2) is 8.42 Å². The molecule has 0 unspecified atom stereocenters. The number of nitrogens with one attached hydrogen (secondary N) is 1.